The quantitative estimate of drug-likeness (QED) is 0.500. The molecule has 0 atom stereocenters. The number of nitrogens with zero attached hydrogens (tertiary/aromatic N) is 2. The van der Waals surface area contributed by atoms with Gasteiger partial charge >= 0.3 is 0 Å². The number of nitriles is 1. The summed E-state index contributed by atoms with van der Waals surface area (Å²) in [5.74, 6) is -0.717. The Labute approximate surface area is 165 Å². The van der Waals surface area contributed by atoms with Gasteiger partial charge in [-0.3, -0.25) is 4.79 Å². The van der Waals surface area contributed by atoms with E-state index in [1.807, 2.05) is 24.3 Å². The van der Waals surface area contributed by atoms with E-state index in [1.165, 1.54) is 23.3 Å². The van der Waals surface area contributed by atoms with Crippen LogP contribution in [0.15, 0.2) is 35.5 Å². The van der Waals surface area contributed by atoms with Gasteiger partial charge in [0.15, 0.2) is 0 Å². The van der Waals surface area contributed by atoms with Crippen molar-refractivity contribution in [2.45, 2.75) is 32.6 Å². The molecule has 0 bridgehead atoms. The van der Waals surface area contributed by atoms with Crippen molar-refractivity contribution in [2.75, 3.05) is 5.32 Å². The third-order valence-corrected chi connectivity index (χ3v) is 6.97. The van der Waals surface area contributed by atoms with Gasteiger partial charge in [0.25, 0.3) is 5.91 Å². The first-order chi connectivity index (χ1) is 13.1. The van der Waals surface area contributed by atoms with E-state index in [4.69, 9.17) is 10.7 Å². The molecule has 0 saturated carbocycles. The van der Waals surface area contributed by atoms with Crippen LogP contribution in [-0.4, -0.2) is 10.9 Å². The number of para-hydroxylation sites is 1. The van der Waals surface area contributed by atoms with Gasteiger partial charge in [-0.2, -0.15) is 5.26 Å². The van der Waals surface area contributed by atoms with Crippen molar-refractivity contribution >= 4 is 43.8 Å². The Morgan fingerprint density at radius 1 is 1.26 bits per heavy atom. The summed E-state index contributed by atoms with van der Waals surface area (Å²) in [6.45, 7) is 1.71. The largest absolute Gasteiger partial charge is 0.365 e. The second-order valence-corrected chi connectivity index (χ2v) is 8.64. The van der Waals surface area contributed by atoms with Crippen LogP contribution in [0.1, 0.15) is 30.2 Å². The van der Waals surface area contributed by atoms with Crippen LogP contribution in [0.3, 0.4) is 0 Å². The summed E-state index contributed by atoms with van der Waals surface area (Å²) < 4.78 is 1.15. The van der Waals surface area contributed by atoms with E-state index in [0.29, 0.717) is 5.70 Å². The van der Waals surface area contributed by atoms with Crippen LogP contribution in [0.4, 0.5) is 5.00 Å². The lowest BCUT2D eigenvalue weighted by atomic mass is 9.95. The van der Waals surface area contributed by atoms with Crippen LogP contribution in [0.2, 0.25) is 0 Å². The lowest BCUT2D eigenvalue weighted by molar-refractivity contribution is -0.114. The number of nitrogens with two attached hydrogens (primary N) is 1. The molecule has 1 aliphatic carbocycles. The maximum absolute atomic E-state index is 11.5. The fraction of sp³-hybridized carbons (Fsp3) is 0.250. The minimum absolute atomic E-state index is 0.0448. The molecular weight excluding hydrogens is 376 g/mol. The van der Waals surface area contributed by atoms with E-state index in [2.05, 4.69) is 11.4 Å². The van der Waals surface area contributed by atoms with Crippen LogP contribution in [-0.2, 0) is 17.6 Å². The van der Waals surface area contributed by atoms with Gasteiger partial charge in [-0.15, -0.1) is 22.7 Å². The van der Waals surface area contributed by atoms with Crippen LogP contribution in [0.25, 0.3) is 20.8 Å². The molecule has 4 rings (SSSR count). The third kappa shape index (κ3) is 3.22. The van der Waals surface area contributed by atoms with Gasteiger partial charge in [0.05, 0.1) is 10.2 Å². The van der Waals surface area contributed by atoms with Gasteiger partial charge in [-0.25, -0.2) is 4.98 Å². The number of anilines is 1. The highest BCUT2D eigenvalue weighted by molar-refractivity contribution is 7.22. The summed E-state index contributed by atoms with van der Waals surface area (Å²) in [6.07, 6.45) is 4.44. The van der Waals surface area contributed by atoms with Gasteiger partial charge in [0.1, 0.15) is 21.7 Å². The fourth-order valence-corrected chi connectivity index (χ4v) is 5.87. The number of amides is 1. The first-order valence-electron chi connectivity index (χ1n) is 8.76. The SMILES string of the molecule is CC(Nc1sc2c(c1-c1nc3ccccc3s1)CCCC2)=C(C#N)C(N)=O. The van der Waals surface area contributed by atoms with E-state index >= 15 is 0 Å². The van der Waals surface area contributed by atoms with Crippen LogP contribution < -0.4 is 11.1 Å². The Morgan fingerprint density at radius 2 is 2.04 bits per heavy atom. The number of carbonyl (C=O) groups excluding carboxylic acids is 1. The number of hydrogen-bond donors (Lipinski definition) is 2. The molecule has 0 fully saturated rings. The number of aryl methyl sites for hydroxylation is 1. The maximum Gasteiger partial charge on any atom is 0.261 e. The molecule has 2 heterocycles. The number of thiazole rings is 1. The van der Waals surface area contributed by atoms with Crippen LogP contribution >= 0.6 is 22.7 Å². The van der Waals surface area contributed by atoms with Crippen molar-refractivity contribution in [3.8, 4) is 16.6 Å². The normalized spacial score (nSPS) is 14.4. The highest BCUT2D eigenvalue weighted by Gasteiger charge is 2.25. The topological polar surface area (TPSA) is 91.8 Å². The number of benzene rings is 1. The molecule has 136 valence electrons. The highest BCUT2D eigenvalue weighted by Crippen LogP contribution is 2.46. The molecule has 0 radical (unpaired) electrons. The van der Waals surface area contributed by atoms with E-state index in [1.54, 1.807) is 29.6 Å². The number of thiophene rings is 1. The molecule has 1 amide bonds. The third-order valence-electron chi connectivity index (χ3n) is 4.71. The number of aromatic nitrogens is 1. The predicted octanol–water partition coefficient (Wildman–Crippen LogP) is 4.60. The van der Waals surface area contributed by atoms with Crippen molar-refractivity contribution in [1.29, 1.82) is 5.26 Å². The van der Waals surface area contributed by atoms with E-state index in [0.717, 1.165) is 38.6 Å². The van der Waals surface area contributed by atoms with Gasteiger partial charge in [0.2, 0.25) is 0 Å². The summed E-state index contributed by atoms with van der Waals surface area (Å²) in [5, 5.41) is 14.4. The number of allylic oxidation sites excluding steroid dienone is 1. The molecule has 7 heteroatoms. The number of fused-ring (bicyclic) bond motifs is 2. The van der Waals surface area contributed by atoms with Gasteiger partial charge < -0.3 is 11.1 Å². The Bertz CT molecular complexity index is 1080. The lowest BCUT2D eigenvalue weighted by Gasteiger charge is -2.12. The predicted molar refractivity (Wildman–Crippen MR) is 111 cm³/mol. The summed E-state index contributed by atoms with van der Waals surface area (Å²) >= 11 is 3.37. The number of hydrogen-bond acceptors (Lipinski definition) is 6. The Kier molecular flexibility index (Phi) is 4.68. The van der Waals surface area contributed by atoms with E-state index in [-0.39, 0.29) is 5.57 Å². The van der Waals surface area contributed by atoms with E-state index < -0.39 is 5.91 Å². The smallest absolute Gasteiger partial charge is 0.261 e. The molecule has 3 N–H and O–H groups in total. The second-order valence-electron chi connectivity index (χ2n) is 6.50. The van der Waals surface area contributed by atoms with Crippen molar-refractivity contribution < 1.29 is 4.79 Å². The highest BCUT2D eigenvalue weighted by atomic mass is 32.1. The van der Waals surface area contributed by atoms with Gasteiger partial charge in [0, 0.05) is 16.1 Å². The van der Waals surface area contributed by atoms with Crippen molar-refractivity contribution in [3.63, 3.8) is 0 Å². The molecule has 0 unspecified atom stereocenters. The van der Waals surface area contributed by atoms with E-state index in [9.17, 15) is 10.1 Å². The first kappa shape index (κ1) is 17.7. The second kappa shape index (κ2) is 7.14. The molecular formula is C20H18N4OS2. The lowest BCUT2D eigenvalue weighted by Crippen LogP contribution is -2.16. The summed E-state index contributed by atoms with van der Waals surface area (Å²) in [4.78, 5) is 17.7. The Morgan fingerprint density at radius 3 is 2.78 bits per heavy atom. The molecule has 1 aliphatic rings. The number of nitrogens with one attached hydrogen (secondary N) is 1. The van der Waals surface area contributed by atoms with Gasteiger partial charge in [-0.05, 0) is 50.3 Å². The van der Waals surface area contributed by atoms with Gasteiger partial charge in [-0.1, -0.05) is 12.1 Å². The number of rotatable bonds is 4. The van der Waals surface area contributed by atoms with Crippen molar-refractivity contribution in [2.24, 2.45) is 5.73 Å². The molecule has 3 aromatic rings. The zero-order chi connectivity index (χ0) is 19.0. The van der Waals surface area contributed by atoms with Crippen LogP contribution in [0, 0.1) is 11.3 Å². The van der Waals surface area contributed by atoms with Crippen LogP contribution in [0.5, 0.6) is 0 Å². The van der Waals surface area contributed by atoms with Crippen molar-refractivity contribution in [3.05, 3.63) is 46.0 Å². The molecule has 0 saturated heterocycles. The minimum atomic E-state index is -0.717. The molecule has 0 aliphatic heterocycles. The number of carbonyl (C=O) groups is 1. The minimum Gasteiger partial charge on any atom is -0.365 e. The maximum atomic E-state index is 11.5. The summed E-state index contributed by atoms with van der Waals surface area (Å²) in [5.41, 5.74) is 9.21. The zero-order valence-electron chi connectivity index (χ0n) is 14.8. The summed E-state index contributed by atoms with van der Waals surface area (Å²) in [6, 6.07) is 10.0. The average Bonchev–Trinajstić information content (AvgIpc) is 3.21. The molecule has 5 nitrogen and oxygen atoms in total. The summed E-state index contributed by atoms with van der Waals surface area (Å²) in [7, 11) is 0. The fourth-order valence-electron chi connectivity index (χ4n) is 3.42. The average molecular weight is 395 g/mol. The number of primary amides is 1. The molecule has 0 spiro atoms. The Balaban J connectivity index is 1.86. The first-order valence-corrected chi connectivity index (χ1v) is 10.4. The Hall–Kier alpha value is -2.69. The van der Waals surface area contributed by atoms with Crippen molar-refractivity contribution in [1.82, 2.24) is 4.98 Å². The monoisotopic (exact) mass is 394 g/mol. The molecule has 1 aromatic carbocycles. The standard InChI is InChI=1S/C20H18N4OS2/c1-11(13(10-21)18(22)25)23-19-17(12-6-2-4-8-15(12)26-19)20-24-14-7-3-5-9-16(14)27-20/h3,5,7,9,23H,2,4,6,8H2,1H3,(H2,22,25). The molecule has 2 aromatic heterocycles. The zero-order valence-corrected chi connectivity index (χ0v) is 16.5. The molecule has 27 heavy (non-hydrogen) atoms.